The number of aromatic nitrogens is 1. The van der Waals surface area contributed by atoms with Crippen molar-refractivity contribution in [3.63, 3.8) is 0 Å². The number of ether oxygens (including phenoxy) is 3. The molecule has 0 radical (unpaired) electrons. The Hall–Kier alpha value is -5.34. The maximum atomic E-state index is 14.2. The first-order valence-corrected chi connectivity index (χ1v) is 16.5. The molecule has 3 aromatic rings. The molecule has 1 aliphatic heterocycles. The molecule has 0 spiro atoms. The number of carbonyl (C=O) groups is 4. The van der Waals surface area contributed by atoms with Gasteiger partial charge < -0.3 is 29.7 Å². The highest BCUT2D eigenvalue weighted by Gasteiger charge is 2.57. The van der Waals surface area contributed by atoms with Gasteiger partial charge in [0.2, 0.25) is 11.8 Å². The lowest BCUT2D eigenvalue weighted by Crippen LogP contribution is -2.71. The van der Waals surface area contributed by atoms with E-state index in [4.69, 9.17) is 14.2 Å². The van der Waals surface area contributed by atoms with Crippen LogP contribution in [0.15, 0.2) is 66.9 Å². The first-order chi connectivity index (χ1) is 24.4. The van der Waals surface area contributed by atoms with Gasteiger partial charge in [0, 0.05) is 31.5 Å². The third-order valence-electron chi connectivity index (χ3n) is 9.28. The lowest BCUT2D eigenvalue weighted by atomic mass is 9.81. The Morgan fingerprint density at radius 2 is 1.57 bits per heavy atom. The smallest absolute Gasteiger partial charge is 0.414 e. The van der Waals surface area contributed by atoms with Crippen molar-refractivity contribution in [3.8, 4) is 17.4 Å². The molecule has 1 aromatic heterocycles. The minimum atomic E-state index is -4.75. The summed E-state index contributed by atoms with van der Waals surface area (Å²) >= 11 is 0. The van der Waals surface area contributed by atoms with E-state index in [2.05, 4.69) is 15.6 Å². The summed E-state index contributed by atoms with van der Waals surface area (Å²) < 4.78 is 58.3. The Bertz CT molecular complexity index is 1700. The maximum absolute atomic E-state index is 14.2. The number of benzene rings is 2. The van der Waals surface area contributed by atoms with Crippen LogP contribution in [0.1, 0.15) is 43.2 Å². The van der Waals surface area contributed by atoms with Crippen LogP contribution in [0.2, 0.25) is 0 Å². The molecule has 51 heavy (non-hydrogen) atoms. The summed E-state index contributed by atoms with van der Waals surface area (Å²) in [4.78, 5) is 59.4. The number of nitrogens with one attached hydrogen (secondary N) is 2. The number of rotatable bonds is 11. The van der Waals surface area contributed by atoms with Gasteiger partial charge in [0.15, 0.2) is 0 Å². The number of β-lactam (4-membered cyclic amide) rings is 1. The van der Waals surface area contributed by atoms with E-state index >= 15 is 0 Å². The third kappa shape index (κ3) is 8.88. The average Bonchev–Trinajstić information content (AvgIpc) is 3.13. The number of urea groups is 1. The lowest BCUT2D eigenvalue weighted by molar-refractivity contribution is -0.170. The molecule has 1 aliphatic carbocycles. The molecule has 2 N–H and O–H groups in total. The highest BCUT2D eigenvalue weighted by atomic mass is 19.4. The molecule has 1 saturated heterocycles. The summed E-state index contributed by atoms with van der Waals surface area (Å²) in [6.45, 7) is 0.165. The maximum Gasteiger partial charge on any atom is 0.414 e. The summed E-state index contributed by atoms with van der Waals surface area (Å²) in [5, 5.41) is 4.67. The molecule has 1 unspecified atom stereocenters. The van der Waals surface area contributed by atoms with Crippen molar-refractivity contribution in [1.29, 1.82) is 0 Å². The molecule has 2 heterocycles. The quantitative estimate of drug-likeness (QED) is 0.244. The van der Waals surface area contributed by atoms with E-state index in [1.165, 1.54) is 31.3 Å². The fourth-order valence-electron chi connectivity index (χ4n) is 6.46. The number of amides is 5. The van der Waals surface area contributed by atoms with Crippen molar-refractivity contribution < 1.29 is 46.6 Å². The van der Waals surface area contributed by atoms with Crippen molar-refractivity contribution >= 4 is 29.6 Å². The Kier molecular flexibility index (Phi) is 11.7. The molecule has 12 nitrogen and oxygen atoms in total. The summed E-state index contributed by atoms with van der Waals surface area (Å²) in [5.74, 6) is -2.32. The number of methoxy groups -OCH3 is 2. The van der Waals surface area contributed by atoms with Crippen molar-refractivity contribution in [2.75, 3.05) is 26.2 Å². The Labute approximate surface area is 293 Å². The number of likely N-dealkylation sites (tertiary alicyclic amines) is 1. The van der Waals surface area contributed by atoms with Crippen LogP contribution in [0, 0.1) is 11.8 Å². The predicted molar refractivity (Wildman–Crippen MR) is 179 cm³/mol. The van der Waals surface area contributed by atoms with E-state index in [1.807, 2.05) is 0 Å². The van der Waals surface area contributed by atoms with Crippen molar-refractivity contribution in [3.05, 3.63) is 78.0 Å². The number of hydrogen-bond acceptors (Lipinski definition) is 8. The Balaban J connectivity index is 1.32. The number of pyridine rings is 1. The number of alkyl halides is 3. The number of anilines is 1. The molecular weight excluding hydrogens is 671 g/mol. The molecule has 272 valence electrons. The van der Waals surface area contributed by atoms with Gasteiger partial charge in [-0.1, -0.05) is 31.4 Å². The summed E-state index contributed by atoms with van der Waals surface area (Å²) in [7, 11) is 4.48. The van der Waals surface area contributed by atoms with Gasteiger partial charge in [0.05, 0.1) is 20.1 Å². The van der Waals surface area contributed by atoms with Crippen LogP contribution in [-0.2, 0) is 22.6 Å². The first-order valence-electron chi connectivity index (χ1n) is 16.5. The molecule has 2 aliphatic rings. The number of carbonyl (C=O) groups excluding carboxylic acids is 4. The van der Waals surface area contributed by atoms with Crippen LogP contribution in [0.25, 0.3) is 0 Å². The average molecular weight is 712 g/mol. The predicted octanol–water partition coefficient (Wildman–Crippen LogP) is 5.64. The second kappa shape index (κ2) is 16.1. The van der Waals surface area contributed by atoms with E-state index in [9.17, 15) is 32.3 Å². The van der Waals surface area contributed by atoms with Crippen molar-refractivity contribution in [1.82, 2.24) is 20.5 Å². The van der Waals surface area contributed by atoms with Gasteiger partial charge in [0.1, 0.15) is 23.6 Å². The highest BCUT2D eigenvalue weighted by Crippen LogP contribution is 2.37. The van der Waals surface area contributed by atoms with Gasteiger partial charge in [-0.05, 0) is 78.8 Å². The fraction of sp³-hybridized carbons (Fsp3) is 0.417. The van der Waals surface area contributed by atoms with Gasteiger partial charge in [-0.25, -0.2) is 14.6 Å². The number of likely N-dealkylation sites (N-methyl/N-ethyl adjacent to an activating group) is 1. The van der Waals surface area contributed by atoms with Crippen molar-refractivity contribution in [2.45, 2.75) is 63.3 Å². The first kappa shape index (κ1) is 36.9. The van der Waals surface area contributed by atoms with E-state index in [0.29, 0.717) is 40.5 Å². The number of nitrogens with zero attached hydrogens (tertiary/aromatic N) is 3. The molecule has 5 amide bonds. The number of halogens is 3. The molecular formula is C36H40F3N5O7. The minimum absolute atomic E-state index is 0.0835. The molecule has 2 aromatic carbocycles. The van der Waals surface area contributed by atoms with Crippen LogP contribution in [0.4, 0.5) is 28.4 Å². The second-order valence-corrected chi connectivity index (χ2v) is 12.5. The summed E-state index contributed by atoms with van der Waals surface area (Å²) in [5.41, 5.74) is 1.65. The molecule has 3 atom stereocenters. The molecule has 1 saturated carbocycles. The second-order valence-electron chi connectivity index (χ2n) is 12.5. The van der Waals surface area contributed by atoms with Gasteiger partial charge in [0.25, 0.3) is 5.91 Å². The van der Waals surface area contributed by atoms with E-state index in [-0.39, 0.29) is 31.7 Å². The van der Waals surface area contributed by atoms with Crippen LogP contribution in [0.5, 0.6) is 17.4 Å². The van der Waals surface area contributed by atoms with Gasteiger partial charge in [-0.2, -0.15) is 13.2 Å². The van der Waals surface area contributed by atoms with Crippen LogP contribution in [-0.4, -0.2) is 73.3 Å². The van der Waals surface area contributed by atoms with Gasteiger partial charge >= 0.3 is 18.3 Å². The van der Waals surface area contributed by atoms with Gasteiger partial charge in [-0.15, -0.1) is 0 Å². The van der Waals surface area contributed by atoms with Crippen molar-refractivity contribution in [2.24, 2.45) is 11.8 Å². The molecule has 15 heteroatoms. The summed E-state index contributed by atoms with van der Waals surface area (Å²) in [6.07, 6.45) is -1.68. The van der Waals surface area contributed by atoms with Crippen LogP contribution in [0.3, 0.4) is 0 Å². The summed E-state index contributed by atoms with van der Waals surface area (Å²) in [6, 6.07) is 11.6. The van der Waals surface area contributed by atoms with E-state index in [0.717, 1.165) is 12.0 Å². The van der Waals surface area contributed by atoms with Crippen LogP contribution >= 0.6 is 0 Å². The zero-order valence-corrected chi connectivity index (χ0v) is 28.4. The molecule has 0 bridgehead atoms. The SMILES string of the molecule is COc1ccc(CNC(=O)Oc2cc(C[C@H]3C(=O)N(C(=O)NC(C4CCCCC4)C(F)(F)F)[C@@H]3C(=O)N(C)c3ccc(OC)cc3)ccn2)cc1. The highest BCUT2D eigenvalue weighted by molar-refractivity contribution is 6.12. The minimum Gasteiger partial charge on any atom is -0.497 e. The fourth-order valence-corrected chi connectivity index (χ4v) is 6.46. The van der Waals surface area contributed by atoms with Crippen LogP contribution < -0.4 is 29.7 Å². The lowest BCUT2D eigenvalue weighted by Gasteiger charge is -2.46. The van der Waals surface area contributed by atoms with E-state index in [1.54, 1.807) is 61.7 Å². The van der Waals surface area contributed by atoms with Gasteiger partial charge in [-0.3, -0.25) is 14.5 Å². The van der Waals surface area contributed by atoms with E-state index < -0.39 is 54.0 Å². The standard InChI is InChI=1S/C36H40F3N5O7/c1-43(25-11-15-27(50-3)16-12-25)33(46)30-28(32(45)44(30)34(47)42-31(36(37,38)39)24-7-5-4-6-8-24)19-23-17-18-40-29(20-23)51-35(48)41-21-22-9-13-26(49-2)14-10-22/h9-18,20,24,28,30-31H,4-8,19,21H2,1-3H3,(H,41,48)(H,42,47)/t28-,30+,31?/m1/s1. The Morgan fingerprint density at radius 1 is 0.941 bits per heavy atom. The monoisotopic (exact) mass is 711 g/mol. The normalized spacial score (nSPS) is 18.2. The number of hydrogen-bond donors (Lipinski definition) is 2. The largest absolute Gasteiger partial charge is 0.497 e. The zero-order valence-electron chi connectivity index (χ0n) is 28.4. The Morgan fingerprint density at radius 3 is 2.18 bits per heavy atom. The zero-order chi connectivity index (χ0) is 36.7. The molecule has 5 rings (SSSR count). The topological polar surface area (TPSA) is 139 Å². The molecule has 2 fully saturated rings. The number of imide groups is 1. The third-order valence-corrected chi connectivity index (χ3v) is 9.28.